The van der Waals surface area contributed by atoms with Gasteiger partial charge in [0.05, 0.1) is 13.2 Å². The molecule has 1 amide bonds. The topological polar surface area (TPSA) is 55.8 Å². The highest BCUT2D eigenvalue weighted by atomic mass is 19.1. The zero-order valence-electron chi connectivity index (χ0n) is 13.7. The summed E-state index contributed by atoms with van der Waals surface area (Å²) in [6.45, 7) is 6.49. The van der Waals surface area contributed by atoms with Gasteiger partial charge in [-0.1, -0.05) is 19.1 Å². The second-order valence-electron chi connectivity index (χ2n) is 5.96. The van der Waals surface area contributed by atoms with Crippen LogP contribution in [0, 0.1) is 5.82 Å². The highest BCUT2D eigenvalue weighted by Crippen LogP contribution is 2.09. The summed E-state index contributed by atoms with van der Waals surface area (Å²) < 4.78 is 12.8. The third kappa shape index (κ3) is 5.57. The van der Waals surface area contributed by atoms with Crippen molar-refractivity contribution in [2.24, 2.45) is 0 Å². The highest BCUT2D eigenvalue weighted by molar-refractivity contribution is 5.78. The average molecular weight is 323 g/mol. The molecule has 128 valence electrons. The second-order valence-corrected chi connectivity index (χ2v) is 5.96. The Labute approximate surface area is 137 Å². The van der Waals surface area contributed by atoms with E-state index in [0.29, 0.717) is 13.1 Å². The summed E-state index contributed by atoms with van der Waals surface area (Å²) in [6, 6.07) is 6.37. The first-order chi connectivity index (χ1) is 11.1. The van der Waals surface area contributed by atoms with Gasteiger partial charge in [-0.15, -0.1) is 0 Å². The van der Waals surface area contributed by atoms with Gasteiger partial charge in [0.25, 0.3) is 0 Å². The summed E-state index contributed by atoms with van der Waals surface area (Å²) in [5.41, 5.74) is 0.887. The molecule has 1 saturated heterocycles. The average Bonchev–Trinajstić information content (AvgIpc) is 2.57. The van der Waals surface area contributed by atoms with Gasteiger partial charge >= 0.3 is 0 Å². The van der Waals surface area contributed by atoms with Crippen LogP contribution in [0.5, 0.6) is 0 Å². The Hall–Kier alpha value is -1.50. The molecule has 0 aromatic heterocycles. The van der Waals surface area contributed by atoms with Gasteiger partial charge < -0.3 is 10.4 Å². The van der Waals surface area contributed by atoms with Crippen molar-refractivity contribution in [3.63, 3.8) is 0 Å². The van der Waals surface area contributed by atoms with Crippen LogP contribution in [0.3, 0.4) is 0 Å². The molecule has 0 saturated carbocycles. The molecule has 1 aromatic rings. The van der Waals surface area contributed by atoms with Crippen LogP contribution >= 0.6 is 0 Å². The molecule has 23 heavy (non-hydrogen) atoms. The fourth-order valence-electron chi connectivity index (χ4n) is 2.85. The van der Waals surface area contributed by atoms with Crippen LogP contribution in [0.25, 0.3) is 0 Å². The number of piperazine rings is 1. The zero-order valence-corrected chi connectivity index (χ0v) is 13.7. The molecule has 1 heterocycles. The van der Waals surface area contributed by atoms with E-state index >= 15 is 0 Å². The summed E-state index contributed by atoms with van der Waals surface area (Å²) in [7, 11) is 0. The lowest BCUT2D eigenvalue weighted by atomic mass is 10.1. The summed E-state index contributed by atoms with van der Waals surface area (Å²) in [4.78, 5) is 16.4. The highest BCUT2D eigenvalue weighted by Gasteiger charge is 2.23. The molecule has 0 aliphatic carbocycles. The molecule has 1 atom stereocenters. The minimum absolute atomic E-state index is 0.0167. The number of nitrogens with one attached hydrogen (secondary N) is 1. The fraction of sp³-hybridized carbons (Fsp3) is 0.588. The first kappa shape index (κ1) is 17.8. The molecule has 1 fully saturated rings. The fourth-order valence-corrected chi connectivity index (χ4v) is 2.85. The number of halogens is 1. The van der Waals surface area contributed by atoms with Gasteiger partial charge in [0.2, 0.25) is 5.91 Å². The summed E-state index contributed by atoms with van der Waals surface area (Å²) in [5, 5.41) is 12.2. The number of hydrogen-bond acceptors (Lipinski definition) is 4. The van der Waals surface area contributed by atoms with Crippen molar-refractivity contribution in [3.8, 4) is 0 Å². The van der Waals surface area contributed by atoms with Crippen LogP contribution in [0.4, 0.5) is 4.39 Å². The summed E-state index contributed by atoms with van der Waals surface area (Å²) in [6.07, 6.45) is 0.939. The van der Waals surface area contributed by atoms with Crippen molar-refractivity contribution in [2.75, 3.05) is 39.3 Å². The number of hydrogen-bond donors (Lipinski definition) is 2. The van der Waals surface area contributed by atoms with Gasteiger partial charge in [0.15, 0.2) is 0 Å². The van der Waals surface area contributed by atoms with E-state index in [2.05, 4.69) is 22.0 Å². The molecule has 6 heteroatoms. The molecule has 5 nitrogen and oxygen atoms in total. The Balaban J connectivity index is 1.69. The van der Waals surface area contributed by atoms with Gasteiger partial charge in [0, 0.05) is 38.8 Å². The molecule has 2 N–H and O–H groups in total. The number of carbonyl (C=O) groups excluding carboxylic acids is 1. The third-order valence-corrected chi connectivity index (χ3v) is 4.38. The van der Waals surface area contributed by atoms with E-state index in [9.17, 15) is 14.3 Å². The van der Waals surface area contributed by atoms with E-state index in [1.807, 2.05) is 0 Å². The van der Waals surface area contributed by atoms with Crippen LogP contribution in [0.2, 0.25) is 0 Å². The van der Waals surface area contributed by atoms with Crippen molar-refractivity contribution in [1.82, 2.24) is 15.1 Å². The molecule has 1 aliphatic heterocycles. The van der Waals surface area contributed by atoms with Gasteiger partial charge in [-0.25, -0.2) is 4.39 Å². The zero-order chi connectivity index (χ0) is 16.7. The maximum absolute atomic E-state index is 12.8. The first-order valence-electron chi connectivity index (χ1n) is 8.20. The Morgan fingerprint density at radius 3 is 2.48 bits per heavy atom. The largest absolute Gasteiger partial charge is 0.395 e. The summed E-state index contributed by atoms with van der Waals surface area (Å²) in [5.74, 6) is -0.289. The Kier molecular flexibility index (Phi) is 6.95. The van der Waals surface area contributed by atoms with Gasteiger partial charge in [0.1, 0.15) is 5.82 Å². The molecule has 0 radical (unpaired) electrons. The number of rotatable bonds is 7. The van der Waals surface area contributed by atoms with Crippen LogP contribution in [0.15, 0.2) is 24.3 Å². The van der Waals surface area contributed by atoms with Gasteiger partial charge in [-0.2, -0.15) is 0 Å². The Bertz CT molecular complexity index is 483. The number of benzene rings is 1. The van der Waals surface area contributed by atoms with Crippen molar-refractivity contribution >= 4 is 5.91 Å². The standard InChI is InChI=1S/C17H26FN3O2/c1-2-16(13-22)21-9-7-20(8-10-21)12-17(23)19-11-14-3-5-15(18)6-4-14/h3-6,16,22H,2,7-13H2,1H3,(H,19,23). The molecule has 1 aromatic carbocycles. The van der Waals surface area contributed by atoms with Crippen molar-refractivity contribution in [1.29, 1.82) is 0 Å². The van der Waals surface area contributed by atoms with Gasteiger partial charge in [-0.05, 0) is 24.1 Å². The lowest BCUT2D eigenvalue weighted by Crippen LogP contribution is -2.53. The maximum Gasteiger partial charge on any atom is 0.234 e. The molecule has 1 aliphatic rings. The van der Waals surface area contributed by atoms with Gasteiger partial charge in [-0.3, -0.25) is 14.6 Å². The van der Waals surface area contributed by atoms with E-state index < -0.39 is 0 Å². The van der Waals surface area contributed by atoms with Crippen molar-refractivity contribution in [2.45, 2.75) is 25.9 Å². The Morgan fingerprint density at radius 1 is 1.26 bits per heavy atom. The summed E-state index contributed by atoms with van der Waals surface area (Å²) >= 11 is 0. The molecule has 0 spiro atoms. The van der Waals surface area contributed by atoms with E-state index in [0.717, 1.165) is 38.2 Å². The molecule has 0 bridgehead atoms. The predicted octanol–water partition coefficient (Wildman–Crippen LogP) is 0.830. The van der Waals surface area contributed by atoms with E-state index in [1.54, 1.807) is 12.1 Å². The smallest absolute Gasteiger partial charge is 0.234 e. The number of carbonyl (C=O) groups is 1. The predicted molar refractivity (Wildman–Crippen MR) is 87.4 cm³/mol. The van der Waals surface area contributed by atoms with E-state index in [-0.39, 0.29) is 24.4 Å². The quantitative estimate of drug-likeness (QED) is 0.780. The second kappa shape index (κ2) is 8.96. The SMILES string of the molecule is CCC(CO)N1CCN(CC(=O)NCc2ccc(F)cc2)CC1. The lowest BCUT2D eigenvalue weighted by molar-refractivity contribution is -0.123. The molecule has 1 unspecified atom stereocenters. The molecular weight excluding hydrogens is 297 g/mol. The first-order valence-corrected chi connectivity index (χ1v) is 8.20. The van der Waals surface area contributed by atoms with E-state index in [4.69, 9.17) is 0 Å². The van der Waals surface area contributed by atoms with Crippen molar-refractivity contribution < 1.29 is 14.3 Å². The monoisotopic (exact) mass is 323 g/mol. The Morgan fingerprint density at radius 2 is 1.91 bits per heavy atom. The third-order valence-electron chi connectivity index (χ3n) is 4.38. The maximum atomic E-state index is 12.8. The van der Waals surface area contributed by atoms with Crippen LogP contribution < -0.4 is 5.32 Å². The number of aliphatic hydroxyl groups excluding tert-OH is 1. The number of nitrogens with zero attached hydrogens (tertiary/aromatic N) is 2. The van der Waals surface area contributed by atoms with Crippen LogP contribution in [0.1, 0.15) is 18.9 Å². The number of amides is 1. The molecular formula is C17H26FN3O2. The van der Waals surface area contributed by atoms with Crippen LogP contribution in [-0.2, 0) is 11.3 Å². The lowest BCUT2D eigenvalue weighted by Gasteiger charge is -2.38. The van der Waals surface area contributed by atoms with E-state index in [1.165, 1.54) is 12.1 Å². The minimum atomic E-state index is -0.272. The number of aliphatic hydroxyl groups is 1. The van der Waals surface area contributed by atoms with Crippen molar-refractivity contribution in [3.05, 3.63) is 35.6 Å². The normalized spacial score (nSPS) is 17.9. The molecule has 2 rings (SSSR count). The minimum Gasteiger partial charge on any atom is -0.395 e. The van der Waals surface area contributed by atoms with Crippen LogP contribution in [-0.4, -0.2) is 66.2 Å².